The summed E-state index contributed by atoms with van der Waals surface area (Å²) < 4.78 is 61.4. The lowest BCUT2D eigenvalue weighted by atomic mass is 10.2. The third-order valence-corrected chi connectivity index (χ3v) is 5.83. The number of alkyl halides is 2. The van der Waals surface area contributed by atoms with E-state index in [9.17, 15) is 17.2 Å². The predicted molar refractivity (Wildman–Crippen MR) is 94.2 cm³/mol. The molecule has 0 amide bonds. The number of halogens is 2. The zero-order valence-electron chi connectivity index (χ0n) is 15.0. The molecule has 0 heterocycles. The lowest BCUT2D eigenvalue weighted by molar-refractivity contribution is -0.0512. The highest BCUT2D eigenvalue weighted by molar-refractivity contribution is 7.89. The average Bonchev–Trinajstić information content (AvgIpc) is 2.56. The molecule has 8 heteroatoms. The van der Waals surface area contributed by atoms with Crippen molar-refractivity contribution in [2.24, 2.45) is 0 Å². The third kappa shape index (κ3) is 4.50. The molecule has 0 radical (unpaired) electrons. The molecule has 5 nitrogen and oxygen atoms in total. The number of rotatable bonds is 7. The van der Waals surface area contributed by atoms with E-state index in [1.165, 1.54) is 30.6 Å². The zero-order valence-corrected chi connectivity index (χ0v) is 15.8. The fraction of sp³-hybridized carbons (Fsp3) is 0.333. The summed E-state index contributed by atoms with van der Waals surface area (Å²) in [6.07, 6.45) is 0. The first-order valence-corrected chi connectivity index (χ1v) is 9.24. The first-order chi connectivity index (χ1) is 12.1. The Labute approximate surface area is 152 Å². The monoisotopic (exact) mass is 385 g/mol. The summed E-state index contributed by atoms with van der Waals surface area (Å²) in [4.78, 5) is 0.220. The van der Waals surface area contributed by atoms with Gasteiger partial charge in [0.1, 0.15) is 0 Å². The van der Waals surface area contributed by atoms with Gasteiger partial charge >= 0.3 is 6.61 Å². The molecule has 0 aliphatic heterocycles. The Bertz CT molecular complexity index is 885. The second-order valence-electron chi connectivity index (χ2n) is 5.89. The van der Waals surface area contributed by atoms with E-state index in [-0.39, 0.29) is 22.9 Å². The molecule has 0 aliphatic rings. The molecule has 26 heavy (non-hydrogen) atoms. The Morgan fingerprint density at radius 2 is 1.77 bits per heavy atom. The van der Waals surface area contributed by atoms with Crippen molar-refractivity contribution in [3.8, 4) is 11.5 Å². The molecule has 0 saturated carbocycles. The van der Waals surface area contributed by atoms with Crippen LogP contribution >= 0.6 is 0 Å². The highest BCUT2D eigenvalue weighted by Gasteiger charge is 2.23. The fourth-order valence-corrected chi connectivity index (χ4v) is 3.97. The van der Waals surface area contributed by atoms with Gasteiger partial charge in [-0.3, -0.25) is 0 Å². The standard InChI is InChI=1S/C18H21F2NO4S/c1-12-5-6-13(2)17(9-12)26(22,23)21(3)11-14-7-8-15(24-4)16(10-14)25-18(19)20/h5-10,18H,11H2,1-4H3. The van der Waals surface area contributed by atoms with E-state index in [1.807, 2.05) is 13.0 Å². The molecule has 0 fully saturated rings. The SMILES string of the molecule is COc1ccc(CN(C)S(=O)(=O)c2cc(C)ccc2C)cc1OC(F)F. The lowest BCUT2D eigenvalue weighted by Gasteiger charge is -2.20. The van der Waals surface area contributed by atoms with E-state index in [0.717, 1.165) is 5.56 Å². The molecular weight excluding hydrogens is 364 g/mol. The molecular formula is C18H21F2NO4S. The largest absolute Gasteiger partial charge is 0.493 e. The first-order valence-electron chi connectivity index (χ1n) is 7.80. The van der Waals surface area contributed by atoms with Gasteiger partial charge in [-0.1, -0.05) is 18.2 Å². The van der Waals surface area contributed by atoms with Gasteiger partial charge in [-0.15, -0.1) is 0 Å². The van der Waals surface area contributed by atoms with E-state index in [0.29, 0.717) is 11.1 Å². The molecule has 2 aromatic rings. The van der Waals surface area contributed by atoms with E-state index in [2.05, 4.69) is 4.74 Å². The van der Waals surface area contributed by atoms with Gasteiger partial charge in [-0.05, 0) is 48.7 Å². The molecule has 0 aromatic heterocycles. The Hall–Kier alpha value is -2.19. The maximum absolute atomic E-state index is 12.8. The number of hydrogen-bond acceptors (Lipinski definition) is 4. The van der Waals surface area contributed by atoms with Gasteiger partial charge in [0.05, 0.1) is 12.0 Å². The van der Waals surface area contributed by atoms with E-state index >= 15 is 0 Å². The normalized spacial score (nSPS) is 11.8. The highest BCUT2D eigenvalue weighted by Crippen LogP contribution is 2.30. The number of benzene rings is 2. The Morgan fingerprint density at radius 3 is 2.38 bits per heavy atom. The summed E-state index contributed by atoms with van der Waals surface area (Å²) in [6.45, 7) is 0.535. The maximum Gasteiger partial charge on any atom is 0.387 e. The van der Waals surface area contributed by atoms with Gasteiger partial charge in [0.15, 0.2) is 11.5 Å². The fourth-order valence-electron chi connectivity index (χ4n) is 2.50. The van der Waals surface area contributed by atoms with E-state index in [1.54, 1.807) is 25.1 Å². The minimum absolute atomic E-state index is 0.000687. The molecule has 0 spiro atoms. The van der Waals surface area contributed by atoms with Crippen LogP contribution in [0, 0.1) is 13.8 Å². The Morgan fingerprint density at radius 1 is 1.08 bits per heavy atom. The summed E-state index contributed by atoms with van der Waals surface area (Å²) in [5.41, 5.74) is 1.97. The smallest absolute Gasteiger partial charge is 0.387 e. The molecule has 2 rings (SSSR count). The van der Waals surface area contributed by atoms with Crippen molar-refractivity contribution in [2.45, 2.75) is 31.9 Å². The minimum Gasteiger partial charge on any atom is -0.493 e. The summed E-state index contributed by atoms with van der Waals surface area (Å²) in [6, 6.07) is 9.61. The Balaban J connectivity index is 2.31. The number of hydrogen-bond donors (Lipinski definition) is 0. The van der Waals surface area contributed by atoms with Gasteiger partial charge in [0.25, 0.3) is 0 Å². The van der Waals surface area contributed by atoms with Crippen LogP contribution in [0.2, 0.25) is 0 Å². The molecule has 0 atom stereocenters. The quantitative estimate of drug-likeness (QED) is 0.729. The van der Waals surface area contributed by atoms with Gasteiger partial charge in [-0.2, -0.15) is 13.1 Å². The maximum atomic E-state index is 12.8. The minimum atomic E-state index is -3.73. The molecule has 0 saturated heterocycles. The van der Waals surface area contributed by atoms with Crippen molar-refractivity contribution in [3.63, 3.8) is 0 Å². The highest BCUT2D eigenvalue weighted by atomic mass is 32.2. The average molecular weight is 385 g/mol. The first kappa shape index (κ1) is 20.1. The van der Waals surface area contributed by atoms with Crippen LogP contribution in [0.25, 0.3) is 0 Å². The zero-order chi connectivity index (χ0) is 19.5. The number of ether oxygens (including phenoxy) is 2. The summed E-state index contributed by atoms with van der Waals surface area (Å²) in [7, 11) is -0.952. The van der Waals surface area contributed by atoms with Gasteiger partial charge < -0.3 is 9.47 Å². The van der Waals surface area contributed by atoms with E-state index < -0.39 is 16.6 Å². The van der Waals surface area contributed by atoms with Gasteiger partial charge in [0, 0.05) is 13.6 Å². The van der Waals surface area contributed by atoms with Crippen LogP contribution in [0.15, 0.2) is 41.3 Å². The van der Waals surface area contributed by atoms with Crippen molar-refractivity contribution in [1.29, 1.82) is 0 Å². The summed E-state index contributed by atoms with van der Waals surface area (Å²) >= 11 is 0. The Kier molecular flexibility index (Phi) is 6.20. The van der Waals surface area contributed by atoms with Gasteiger partial charge in [-0.25, -0.2) is 8.42 Å². The molecule has 2 aromatic carbocycles. The summed E-state index contributed by atoms with van der Waals surface area (Å²) in [5, 5.41) is 0. The van der Waals surface area contributed by atoms with Crippen LogP contribution in [0.4, 0.5) is 8.78 Å². The van der Waals surface area contributed by atoms with Crippen LogP contribution in [-0.2, 0) is 16.6 Å². The van der Waals surface area contributed by atoms with Crippen LogP contribution in [0.3, 0.4) is 0 Å². The van der Waals surface area contributed by atoms with Crippen LogP contribution in [-0.4, -0.2) is 33.5 Å². The number of aryl methyl sites for hydroxylation is 2. The predicted octanol–water partition coefficient (Wildman–Crippen LogP) is 3.73. The molecule has 0 bridgehead atoms. The topological polar surface area (TPSA) is 55.8 Å². The molecule has 0 unspecified atom stereocenters. The van der Waals surface area contributed by atoms with Crippen molar-refractivity contribution in [1.82, 2.24) is 4.31 Å². The third-order valence-electron chi connectivity index (χ3n) is 3.88. The second kappa shape index (κ2) is 8.01. The van der Waals surface area contributed by atoms with Gasteiger partial charge in [0.2, 0.25) is 10.0 Å². The number of methoxy groups -OCH3 is 1. The molecule has 0 N–H and O–H groups in total. The van der Waals surface area contributed by atoms with Crippen molar-refractivity contribution >= 4 is 10.0 Å². The molecule has 142 valence electrons. The number of sulfonamides is 1. The molecule has 0 aliphatic carbocycles. The van der Waals surface area contributed by atoms with Crippen molar-refractivity contribution < 1.29 is 26.7 Å². The van der Waals surface area contributed by atoms with Crippen molar-refractivity contribution in [2.75, 3.05) is 14.2 Å². The van der Waals surface area contributed by atoms with Crippen LogP contribution in [0.5, 0.6) is 11.5 Å². The van der Waals surface area contributed by atoms with Crippen LogP contribution in [0.1, 0.15) is 16.7 Å². The summed E-state index contributed by atoms with van der Waals surface area (Å²) in [5.74, 6) is 0.00613. The lowest BCUT2D eigenvalue weighted by Crippen LogP contribution is -2.27. The van der Waals surface area contributed by atoms with E-state index in [4.69, 9.17) is 4.74 Å². The van der Waals surface area contributed by atoms with Crippen molar-refractivity contribution in [3.05, 3.63) is 53.1 Å². The number of nitrogens with zero attached hydrogens (tertiary/aromatic N) is 1. The van der Waals surface area contributed by atoms with Crippen LogP contribution < -0.4 is 9.47 Å². The second-order valence-corrected chi connectivity index (χ2v) is 7.91.